The van der Waals surface area contributed by atoms with Gasteiger partial charge >= 0.3 is 5.88 Å². The van der Waals surface area contributed by atoms with Crippen LogP contribution in [0.3, 0.4) is 0 Å². The van der Waals surface area contributed by atoms with Crippen molar-refractivity contribution in [2.45, 2.75) is 6.92 Å². The Kier molecular flexibility index (Phi) is 2.52. The van der Waals surface area contributed by atoms with Crippen molar-refractivity contribution in [3.05, 3.63) is 58.3 Å². The molecule has 0 radical (unpaired) electrons. The van der Waals surface area contributed by atoms with E-state index in [2.05, 4.69) is 4.98 Å². The maximum absolute atomic E-state index is 10.7. The van der Waals surface area contributed by atoms with Gasteiger partial charge in [0.2, 0.25) is 0 Å². The van der Waals surface area contributed by atoms with Crippen LogP contribution in [0.5, 0.6) is 0 Å². The fourth-order valence-corrected chi connectivity index (χ4v) is 2.08. The van der Waals surface area contributed by atoms with E-state index in [1.165, 1.54) is 6.07 Å². The summed E-state index contributed by atoms with van der Waals surface area (Å²) in [5.74, 6) is 0.224. The van der Waals surface area contributed by atoms with Crippen LogP contribution in [0.15, 0.2) is 46.9 Å². The topological polar surface area (TPSA) is 69.2 Å². The molecular weight excluding hydrogens is 244 g/mol. The van der Waals surface area contributed by atoms with Gasteiger partial charge in [0.05, 0.1) is 11.6 Å². The second-order valence-electron chi connectivity index (χ2n) is 4.22. The van der Waals surface area contributed by atoms with E-state index in [4.69, 9.17) is 4.42 Å². The number of hydrogen-bond donors (Lipinski definition) is 0. The molecule has 2 aromatic heterocycles. The summed E-state index contributed by atoms with van der Waals surface area (Å²) in [5.41, 5.74) is 2.50. The molecule has 0 unspecified atom stereocenters. The van der Waals surface area contributed by atoms with E-state index < -0.39 is 4.92 Å². The number of aryl methyl sites for hydroxylation is 1. The van der Waals surface area contributed by atoms with Crippen LogP contribution >= 0.6 is 0 Å². The first-order chi connectivity index (χ1) is 9.15. The minimum absolute atomic E-state index is 0.256. The van der Waals surface area contributed by atoms with Crippen molar-refractivity contribution >= 4 is 16.8 Å². The predicted molar refractivity (Wildman–Crippen MR) is 70.8 cm³/mol. The second-order valence-corrected chi connectivity index (χ2v) is 4.22. The third kappa shape index (κ3) is 1.95. The Balaban J connectivity index is 2.26. The van der Waals surface area contributed by atoms with Gasteiger partial charge in [-0.1, -0.05) is 18.2 Å². The first-order valence-electron chi connectivity index (χ1n) is 5.76. The molecule has 0 aliphatic heterocycles. The van der Waals surface area contributed by atoms with Gasteiger partial charge in [0.25, 0.3) is 0 Å². The Morgan fingerprint density at radius 3 is 2.74 bits per heavy atom. The lowest BCUT2D eigenvalue weighted by Crippen LogP contribution is -1.87. The summed E-state index contributed by atoms with van der Waals surface area (Å²) in [7, 11) is 0. The normalized spacial score (nSPS) is 10.8. The molecule has 94 valence electrons. The molecule has 0 aliphatic carbocycles. The van der Waals surface area contributed by atoms with Gasteiger partial charge in [0.1, 0.15) is 10.7 Å². The van der Waals surface area contributed by atoms with Crippen LogP contribution < -0.4 is 0 Å². The van der Waals surface area contributed by atoms with Crippen molar-refractivity contribution in [3.63, 3.8) is 0 Å². The molecule has 0 fully saturated rings. The van der Waals surface area contributed by atoms with Crippen LogP contribution in [-0.2, 0) is 0 Å². The average molecular weight is 254 g/mol. The zero-order valence-corrected chi connectivity index (χ0v) is 10.2. The number of fused-ring (bicyclic) bond motifs is 1. The Hall–Kier alpha value is -2.69. The number of nitro groups is 1. The van der Waals surface area contributed by atoms with Crippen LogP contribution in [0.1, 0.15) is 5.69 Å². The van der Waals surface area contributed by atoms with Gasteiger partial charge in [-0.15, -0.1) is 0 Å². The standard InChI is InChI=1S/C14H10N2O3/c1-9-8-11(10-4-2-3-5-12(10)15-9)13-6-7-14(19-13)16(17)18/h2-8H,1H3. The molecule has 5 heteroatoms. The summed E-state index contributed by atoms with van der Waals surface area (Å²) >= 11 is 0. The summed E-state index contributed by atoms with van der Waals surface area (Å²) in [6.45, 7) is 1.88. The van der Waals surface area contributed by atoms with E-state index in [0.29, 0.717) is 5.76 Å². The largest absolute Gasteiger partial charge is 0.433 e. The lowest BCUT2D eigenvalue weighted by atomic mass is 10.1. The molecule has 0 atom stereocenters. The molecule has 2 heterocycles. The van der Waals surface area contributed by atoms with E-state index in [1.807, 2.05) is 37.3 Å². The molecule has 0 spiro atoms. The van der Waals surface area contributed by atoms with E-state index >= 15 is 0 Å². The van der Waals surface area contributed by atoms with Gasteiger partial charge in [-0.05, 0) is 25.1 Å². The van der Waals surface area contributed by atoms with Crippen molar-refractivity contribution in [2.24, 2.45) is 0 Å². The third-order valence-electron chi connectivity index (χ3n) is 2.88. The van der Waals surface area contributed by atoms with E-state index in [-0.39, 0.29) is 5.88 Å². The van der Waals surface area contributed by atoms with E-state index in [0.717, 1.165) is 22.2 Å². The lowest BCUT2D eigenvalue weighted by molar-refractivity contribution is -0.401. The lowest BCUT2D eigenvalue weighted by Gasteiger charge is -2.04. The smallest absolute Gasteiger partial charge is 0.401 e. The number of para-hydroxylation sites is 1. The monoisotopic (exact) mass is 254 g/mol. The molecule has 3 aromatic rings. The predicted octanol–water partition coefficient (Wildman–Crippen LogP) is 3.71. The fraction of sp³-hybridized carbons (Fsp3) is 0.0714. The summed E-state index contributed by atoms with van der Waals surface area (Å²) in [6, 6.07) is 12.5. The number of furan rings is 1. The molecule has 5 nitrogen and oxygen atoms in total. The quantitative estimate of drug-likeness (QED) is 0.516. The van der Waals surface area contributed by atoms with Gasteiger partial charge in [-0.3, -0.25) is 15.1 Å². The average Bonchev–Trinajstić information content (AvgIpc) is 2.87. The summed E-state index contributed by atoms with van der Waals surface area (Å²) in [5, 5.41) is 11.6. The molecule has 0 aliphatic rings. The van der Waals surface area contributed by atoms with E-state index in [9.17, 15) is 10.1 Å². The molecule has 0 saturated heterocycles. The summed E-state index contributed by atoms with van der Waals surface area (Å²) < 4.78 is 5.27. The van der Waals surface area contributed by atoms with Crippen LogP contribution in [-0.4, -0.2) is 9.91 Å². The summed E-state index contributed by atoms with van der Waals surface area (Å²) in [4.78, 5) is 14.6. The Labute approximate surface area is 108 Å². The number of aromatic nitrogens is 1. The van der Waals surface area contributed by atoms with Crippen LogP contribution in [0.4, 0.5) is 5.88 Å². The number of hydrogen-bond acceptors (Lipinski definition) is 4. The molecule has 0 amide bonds. The first-order valence-corrected chi connectivity index (χ1v) is 5.76. The van der Waals surface area contributed by atoms with Crippen molar-refractivity contribution < 1.29 is 9.34 Å². The highest BCUT2D eigenvalue weighted by atomic mass is 16.6. The van der Waals surface area contributed by atoms with Crippen molar-refractivity contribution in [1.29, 1.82) is 0 Å². The minimum Gasteiger partial charge on any atom is -0.401 e. The van der Waals surface area contributed by atoms with Crippen LogP contribution in [0.2, 0.25) is 0 Å². The molecule has 1 aromatic carbocycles. The van der Waals surface area contributed by atoms with Crippen molar-refractivity contribution in [1.82, 2.24) is 4.98 Å². The highest BCUT2D eigenvalue weighted by molar-refractivity contribution is 5.93. The first kappa shape index (κ1) is 11.4. The minimum atomic E-state index is -0.542. The Bertz CT molecular complexity index is 777. The van der Waals surface area contributed by atoms with Crippen molar-refractivity contribution in [2.75, 3.05) is 0 Å². The number of nitrogens with zero attached hydrogens (tertiary/aromatic N) is 2. The molecular formula is C14H10N2O3. The van der Waals surface area contributed by atoms with Gasteiger partial charge in [-0.25, -0.2) is 0 Å². The SMILES string of the molecule is Cc1cc(-c2ccc([N+](=O)[O-])o2)c2ccccc2n1. The Morgan fingerprint density at radius 2 is 2.00 bits per heavy atom. The number of rotatable bonds is 2. The van der Waals surface area contributed by atoms with Crippen molar-refractivity contribution in [3.8, 4) is 11.3 Å². The molecule has 0 N–H and O–H groups in total. The fourth-order valence-electron chi connectivity index (χ4n) is 2.08. The summed E-state index contributed by atoms with van der Waals surface area (Å²) in [6.07, 6.45) is 0. The van der Waals surface area contributed by atoms with E-state index in [1.54, 1.807) is 6.07 Å². The maximum atomic E-state index is 10.7. The molecule has 0 bridgehead atoms. The van der Waals surface area contributed by atoms with Gasteiger partial charge < -0.3 is 4.42 Å². The second kappa shape index (κ2) is 4.20. The highest BCUT2D eigenvalue weighted by Crippen LogP contribution is 2.31. The van der Waals surface area contributed by atoms with Gasteiger partial charge in [0, 0.05) is 16.6 Å². The number of benzene rings is 1. The van der Waals surface area contributed by atoms with Gasteiger partial charge in [-0.2, -0.15) is 0 Å². The molecule has 19 heavy (non-hydrogen) atoms. The highest BCUT2D eigenvalue weighted by Gasteiger charge is 2.15. The van der Waals surface area contributed by atoms with Crippen LogP contribution in [0, 0.1) is 17.0 Å². The van der Waals surface area contributed by atoms with Crippen LogP contribution in [0.25, 0.3) is 22.2 Å². The van der Waals surface area contributed by atoms with Gasteiger partial charge in [0.15, 0.2) is 0 Å². The zero-order valence-electron chi connectivity index (χ0n) is 10.2. The molecule has 3 rings (SSSR count). The Morgan fingerprint density at radius 1 is 1.21 bits per heavy atom. The molecule has 0 saturated carbocycles. The third-order valence-corrected chi connectivity index (χ3v) is 2.88. The zero-order chi connectivity index (χ0) is 13.4. The number of pyridine rings is 1. The maximum Gasteiger partial charge on any atom is 0.433 e.